The summed E-state index contributed by atoms with van der Waals surface area (Å²) in [4.78, 5) is 26.7. The number of methoxy groups -OCH3 is 1. The molecule has 2 aromatic rings. The smallest absolute Gasteiger partial charge is 0.328 e. The molecule has 0 aliphatic rings. The summed E-state index contributed by atoms with van der Waals surface area (Å²) in [6, 6.07) is 6.60. The van der Waals surface area contributed by atoms with E-state index in [-0.39, 0.29) is 5.56 Å². The van der Waals surface area contributed by atoms with E-state index in [0.29, 0.717) is 11.3 Å². The molecule has 0 aliphatic carbocycles. The first-order valence-electron chi connectivity index (χ1n) is 4.82. The summed E-state index contributed by atoms with van der Waals surface area (Å²) >= 11 is 0. The van der Waals surface area contributed by atoms with Crippen LogP contribution in [0, 0.1) is 0 Å². The highest BCUT2D eigenvalue weighted by molar-refractivity contribution is 5.68. The standard InChI is InChI=1S/C11H10N2O4/c1-17-7-4-2-3-6(5-7)8-9(14)12-11(16)13-10(8)15/h2-5H,1H3,(H3,12,13,14,15,16). The van der Waals surface area contributed by atoms with Crippen molar-refractivity contribution in [2.45, 2.75) is 0 Å². The summed E-state index contributed by atoms with van der Waals surface area (Å²) in [5.41, 5.74) is -0.943. The van der Waals surface area contributed by atoms with Crippen LogP contribution in [0.3, 0.4) is 0 Å². The monoisotopic (exact) mass is 234 g/mol. The molecule has 1 aromatic carbocycles. The summed E-state index contributed by atoms with van der Waals surface area (Å²) < 4.78 is 5.01. The van der Waals surface area contributed by atoms with E-state index in [1.165, 1.54) is 7.11 Å². The molecule has 0 radical (unpaired) electrons. The first-order chi connectivity index (χ1) is 8.11. The van der Waals surface area contributed by atoms with Gasteiger partial charge in [-0.3, -0.25) is 14.8 Å². The minimum atomic E-state index is -0.751. The molecule has 3 N–H and O–H groups in total. The van der Waals surface area contributed by atoms with Gasteiger partial charge in [0.1, 0.15) is 11.3 Å². The van der Waals surface area contributed by atoms with Crippen LogP contribution in [0.5, 0.6) is 11.6 Å². The van der Waals surface area contributed by atoms with Crippen molar-refractivity contribution in [2.75, 3.05) is 7.11 Å². The van der Waals surface area contributed by atoms with Gasteiger partial charge >= 0.3 is 5.69 Å². The van der Waals surface area contributed by atoms with Gasteiger partial charge in [-0.25, -0.2) is 4.79 Å². The Hall–Kier alpha value is -2.50. The van der Waals surface area contributed by atoms with E-state index in [4.69, 9.17) is 4.74 Å². The normalized spacial score (nSPS) is 10.2. The number of nitrogens with one attached hydrogen (secondary N) is 2. The third-order valence-corrected chi connectivity index (χ3v) is 2.28. The number of aromatic nitrogens is 2. The molecule has 0 bridgehead atoms. The molecule has 1 heterocycles. The van der Waals surface area contributed by atoms with Crippen LogP contribution in [0.25, 0.3) is 11.1 Å². The molecule has 0 spiro atoms. The second-order valence-electron chi connectivity index (χ2n) is 3.36. The highest BCUT2D eigenvalue weighted by Crippen LogP contribution is 2.25. The molecular weight excluding hydrogens is 224 g/mol. The van der Waals surface area contributed by atoms with Gasteiger partial charge < -0.3 is 9.84 Å². The lowest BCUT2D eigenvalue weighted by Gasteiger charge is -2.04. The maximum absolute atomic E-state index is 11.6. The Morgan fingerprint density at radius 2 is 2.00 bits per heavy atom. The van der Waals surface area contributed by atoms with Gasteiger partial charge in [0.15, 0.2) is 0 Å². The Morgan fingerprint density at radius 3 is 2.65 bits per heavy atom. The first-order valence-corrected chi connectivity index (χ1v) is 4.82. The van der Waals surface area contributed by atoms with Gasteiger partial charge in [-0.15, -0.1) is 0 Å². The van der Waals surface area contributed by atoms with E-state index in [1.807, 2.05) is 4.98 Å². The van der Waals surface area contributed by atoms with Crippen molar-refractivity contribution in [1.82, 2.24) is 9.97 Å². The molecule has 0 saturated carbocycles. The van der Waals surface area contributed by atoms with Crippen LogP contribution < -0.4 is 16.0 Å². The maximum Gasteiger partial charge on any atom is 0.328 e. The minimum absolute atomic E-state index is 0.00324. The van der Waals surface area contributed by atoms with E-state index in [2.05, 4.69) is 4.98 Å². The lowest BCUT2D eigenvalue weighted by Crippen LogP contribution is -2.23. The van der Waals surface area contributed by atoms with Gasteiger partial charge in [0, 0.05) is 0 Å². The first kappa shape index (κ1) is 11.0. The minimum Gasteiger partial charge on any atom is -0.497 e. The van der Waals surface area contributed by atoms with E-state index >= 15 is 0 Å². The van der Waals surface area contributed by atoms with Gasteiger partial charge in [-0.1, -0.05) is 12.1 Å². The highest BCUT2D eigenvalue weighted by Gasteiger charge is 2.11. The molecule has 0 amide bonds. The Kier molecular flexibility index (Phi) is 2.70. The molecule has 0 saturated heterocycles. The van der Waals surface area contributed by atoms with Gasteiger partial charge in [-0.05, 0) is 17.7 Å². The molecule has 17 heavy (non-hydrogen) atoms. The van der Waals surface area contributed by atoms with Gasteiger partial charge in [0.2, 0.25) is 5.88 Å². The molecule has 1 aromatic heterocycles. The summed E-state index contributed by atoms with van der Waals surface area (Å²) in [7, 11) is 1.50. The fraction of sp³-hybridized carbons (Fsp3) is 0.0909. The Morgan fingerprint density at radius 1 is 1.24 bits per heavy atom. The van der Waals surface area contributed by atoms with Crippen LogP contribution in [0.15, 0.2) is 33.9 Å². The van der Waals surface area contributed by atoms with Crippen LogP contribution in [0.4, 0.5) is 0 Å². The molecule has 6 heteroatoms. The summed E-state index contributed by atoms with van der Waals surface area (Å²) in [5, 5.41) is 9.57. The Bertz CT molecular complexity index is 657. The van der Waals surface area contributed by atoms with Crippen molar-refractivity contribution in [3.8, 4) is 22.8 Å². The molecule has 0 aliphatic heterocycles. The predicted molar refractivity (Wildman–Crippen MR) is 61.3 cm³/mol. The molecule has 0 atom stereocenters. The number of ether oxygens (including phenoxy) is 1. The zero-order valence-electron chi connectivity index (χ0n) is 8.98. The molecule has 0 fully saturated rings. The number of hydrogen-bond acceptors (Lipinski definition) is 4. The topological polar surface area (TPSA) is 95.2 Å². The van der Waals surface area contributed by atoms with Crippen LogP contribution in [0.1, 0.15) is 0 Å². The van der Waals surface area contributed by atoms with Gasteiger partial charge in [0.25, 0.3) is 5.56 Å². The van der Waals surface area contributed by atoms with E-state index in [9.17, 15) is 14.7 Å². The fourth-order valence-corrected chi connectivity index (χ4v) is 1.52. The molecule has 0 unspecified atom stereocenters. The number of H-pyrrole nitrogens is 2. The van der Waals surface area contributed by atoms with E-state index < -0.39 is 17.1 Å². The second-order valence-corrected chi connectivity index (χ2v) is 3.36. The summed E-state index contributed by atoms with van der Waals surface area (Å²) in [5.74, 6) is 0.0829. The van der Waals surface area contributed by atoms with Crippen molar-refractivity contribution in [2.24, 2.45) is 0 Å². The number of rotatable bonds is 2. The highest BCUT2D eigenvalue weighted by atomic mass is 16.5. The molecule has 6 nitrogen and oxygen atoms in total. The number of aromatic hydroxyl groups is 1. The average molecular weight is 234 g/mol. The summed E-state index contributed by atoms with van der Waals surface area (Å²) in [6.07, 6.45) is 0. The number of benzene rings is 1. The molecule has 2 rings (SSSR count). The molecular formula is C11H10N2O4. The van der Waals surface area contributed by atoms with Gasteiger partial charge in [-0.2, -0.15) is 0 Å². The quantitative estimate of drug-likeness (QED) is 0.702. The zero-order valence-corrected chi connectivity index (χ0v) is 8.98. The maximum atomic E-state index is 11.6. The largest absolute Gasteiger partial charge is 0.497 e. The van der Waals surface area contributed by atoms with Crippen LogP contribution in [-0.2, 0) is 0 Å². The predicted octanol–water partition coefficient (Wildman–Crippen LogP) is 0.444. The van der Waals surface area contributed by atoms with E-state index in [1.54, 1.807) is 24.3 Å². The second kappa shape index (κ2) is 4.17. The lowest BCUT2D eigenvalue weighted by atomic mass is 10.1. The SMILES string of the molecule is COc1cccc(-c2c(O)[nH]c(=O)[nH]c2=O)c1. The lowest BCUT2D eigenvalue weighted by molar-refractivity contribution is 0.415. The van der Waals surface area contributed by atoms with Crippen molar-refractivity contribution in [1.29, 1.82) is 0 Å². The Balaban J connectivity index is 2.68. The van der Waals surface area contributed by atoms with Crippen LogP contribution >= 0.6 is 0 Å². The summed E-state index contributed by atoms with van der Waals surface area (Å²) in [6.45, 7) is 0. The molecule has 88 valence electrons. The van der Waals surface area contributed by atoms with E-state index in [0.717, 1.165) is 0 Å². The van der Waals surface area contributed by atoms with Crippen LogP contribution in [0.2, 0.25) is 0 Å². The fourth-order valence-electron chi connectivity index (χ4n) is 1.52. The van der Waals surface area contributed by atoms with Crippen molar-refractivity contribution < 1.29 is 9.84 Å². The third kappa shape index (κ3) is 2.05. The van der Waals surface area contributed by atoms with Gasteiger partial charge in [0.05, 0.1) is 7.11 Å². The zero-order chi connectivity index (χ0) is 12.4. The van der Waals surface area contributed by atoms with Crippen molar-refractivity contribution in [3.63, 3.8) is 0 Å². The Labute approximate surface area is 95.5 Å². The number of hydrogen-bond donors (Lipinski definition) is 3. The average Bonchev–Trinajstić information content (AvgIpc) is 2.28. The third-order valence-electron chi connectivity index (χ3n) is 2.28. The van der Waals surface area contributed by atoms with Crippen LogP contribution in [-0.4, -0.2) is 22.2 Å². The van der Waals surface area contributed by atoms with Crippen molar-refractivity contribution >= 4 is 0 Å². The number of aromatic amines is 2. The van der Waals surface area contributed by atoms with Crippen molar-refractivity contribution in [3.05, 3.63) is 45.1 Å².